The SMILES string of the molecule is COc1ccc(-c2nc(NC(=O)C3CC(=O)N(CCc4ccccc4)C3)sc2C)cc1. The van der Waals surface area contributed by atoms with Gasteiger partial charge in [-0.2, -0.15) is 0 Å². The fraction of sp³-hybridized carbons (Fsp3) is 0.292. The zero-order valence-electron chi connectivity index (χ0n) is 17.6. The highest BCUT2D eigenvalue weighted by atomic mass is 32.1. The first-order valence-corrected chi connectivity index (χ1v) is 11.1. The molecule has 0 saturated carbocycles. The Labute approximate surface area is 185 Å². The smallest absolute Gasteiger partial charge is 0.231 e. The summed E-state index contributed by atoms with van der Waals surface area (Å²) in [6.07, 6.45) is 1.04. The summed E-state index contributed by atoms with van der Waals surface area (Å²) < 4.78 is 5.20. The van der Waals surface area contributed by atoms with Crippen LogP contribution in [0, 0.1) is 12.8 Å². The number of thiazole rings is 1. The fourth-order valence-corrected chi connectivity index (χ4v) is 4.59. The van der Waals surface area contributed by atoms with Crippen LogP contribution in [-0.2, 0) is 16.0 Å². The van der Waals surface area contributed by atoms with E-state index in [1.165, 1.54) is 16.9 Å². The predicted octanol–water partition coefficient (Wildman–Crippen LogP) is 4.16. The van der Waals surface area contributed by atoms with Crippen molar-refractivity contribution in [3.63, 3.8) is 0 Å². The van der Waals surface area contributed by atoms with Crippen LogP contribution >= 0.6 is 11.3 Å². The van der Waals surface area contributed by atoms with Gasteiger partial charge in [-0.15, -0.1) is 11.3 Å². The van der Waals surface area contributed by atoms with Crippen LogP contribution in [0.3, 0.4) is 0 Å². The summed E-state index contributed by atoms with van der Waals surface area (Å²) >= 11 is 1.44. The first-order chi connectivity index (χ1) is 15.0. The molecule has 1 aromatic heterocycles. The van der Waals surface area contributed by atoms with Crippen molar-refractivity contribution >= 4 is 28.3 Å². The van der Waals surface area contributed by atoms with Crippen molar-refractivity contribution in [2.24, 2.45) is 5.92 Å². The topological polar surface area (TPSA) is 71.5 Å². The number of rotatable bonds is 7. The highest BCUT2D eigenvalue weighted by molar-refractivity contribution is 7.16. The number of likely N-dealkylation sites (tertiary alicyclic amines) is 1. The lowest BCUT2D eigenvalue weighted by molar-refractivity contribution is -0.128. The normalized spacial score (nSPS) is 15.9. The van der Waals surface area contributed by atoms with Crippen LogP contribution in [0.25, 0.3) is 11.3 Å². The summed E-state index contributed by atoms with van der Waals surface area (Å²) in [4.78, 5) is 32.6. The van der Waals surface area contributed by atoms with Gasteiger partial charge in [0.25, 0.3) is 0 Å². The lowest BCUT2D eigenvalue weighted by Crippen LogP contribution is -2.30. The number of anilines is 1. The van der Waals surface area contributed by atoms with Gasteiger partial charge in [0.1, 0.15) is 5.75 Å². The van der Waals surface area contributed by atoms with Gasteiger partial charge in [-0.25, -0.2) is 4.98 Å². The predicted molar refractivity (Wildman–Crippen MR) is 122 cm³/mol. The Morgan fingerprint density at radius 3 is 2.65 bits per heavy atom. The van der Waals surface area contributed by atoms with Gasteiger partial charge in [-0.05, 0) is 43.2 Å². The second-order valence-electron chi connectivity index (χ2n) is 7.62. The van der Waals surface area contributed by atoms with Gasteiger partial charge in [0.2, 0.25) is 11.8 Å². The van der Waals surface area contributed by atoms with E-state index in [1.54, 1.807) is 12.0 Å². The molecule has 3 aromatic rings. The van der Waals surface area contributed by atoms with Crippen LogP contribution in [-0.4, -0.2) is 41.9 Å². The molecule has 1 unspecified atom stereocenters. The van der Waals surface area contributed by atoms with E-state index < -0.39 is 0 Å². The Morgan fingerprint density at radius 1 is 1.19 bits per heavy atom. The minimum absolute atomic E-state index is 0.0327. The van der Waals surface area contributed by atoms with E-state index in [4.69, 9.17) is 4.74 Å². The third-order valence-corrected chi connectivity index (χ3v) is 6.37. The monoisotopic (exact) mass is 435 g/mol. The fourth-order valence-electron chi connectivity index (χ4n) is 3.75. The Bertz CT molecular complexity index is 1060. The van der Waals surface area contributed by atoms with E-state index in [1.807, 2.05) is 49.4 Å². The summed E-state index contributed by atoms with van der Waals surface area (Å²) in [5, 5.41) is 3.48. The molecular formula is C24H25N3O3S. The molecule has 0 spiro atoms. The van der Waals surface area contributed by atoms with E-state index in [0.717, 1.165) is 28.3 Å². The van der Waals surface area contributed by atoms with Gasteiger partial charge in [0.15, 0.2) is 5.13 Å². The second kappa shape index (κ2) is 9.31. The Balaban J connectivity index is 1.36. The number of hydrogen-bond acceptors (Lipinski definition) is 5. The van der Waals surface area contributed by atoms with Crippen LogP contribution in [0.2, 0.25) is 0 Å². The number of aryl methyl sites for hydroxylation is 1. The number of hydrogen-bond donors (Lipinski definition) is 1. The van der Waals surface area contributed by atoms with Crippen LogP contribution in [0.5, 0.6) is 5.75 Å². The third kappa shape index (κ3) is 4.94. The lowest BCUT2D eigenvalue weighted by atomic mass is 10.1. The van der Waals surface area contributed by atoms with E-state index in [2.05, 4.69) is 22.4 Å². The largest absolute Gasteiger partial charge is 0.497 e. The number of aromatic nitrogens is 1. The molecule has 1 fully saturated rings. The molecule has 0 radical (unpaired) electrons. The minimum atomic E-state index is -0.350. The average Bonchev–Trinajstić information content (AvgIpc) is 3.35. The highest BCUT2D eigenvalue weighted by Gasteiger charge is 2.34. The van der Waals surface area contributed by atoms with Gasteiger partial charge in [0, 0.05) is 30.0 Å². The Morgan fingerprint density at radius 2 is 1.94 bits per heavy atom. The van der Waals surface area contributed by atoms with Crippen LogP contribution in [0.1, 0.15) is 16.9 Å². The molecule has 4 rings (SSSR count). The number of carbonyl (C=O) groups is 2. The molecule has 31 heavy (non-hydrogen) atoms. The number of ether oxygens (including phenoxy) is 1. The Kier molecular flexibility index (Phi) is 6.32. The van der Waals surface area contributed by atoms with Crippen molar-refractivity contribution < 1.29 is 14.3 Å². The van der Waals surface area contributed by atoms with Crippen molar-refractivity contribution in [2.75, 3.05) is 25.5 Å². The standard InChI is InChI=1S/C24H25N3O3S/c1-16-22(18-8-10-20(30-2)11-9-18)25-24(31-16)26-23(29)19-14-21(28)27(15-19)13-12-17-6-4-3-5-7-17/h3-11,19H,12-15H2,1-2H3,(H,25,26,29). The average molecular weight is 436 g/mol. The zero-order valence-corrected chi connectivity index (χ0v) is 18.4. The molecule has 0 bridgehead atoms. The van der Waals surface area contributed by atoms with Crippen LogP contribution < -0.4 is 10.1 Å². The van der Waals surface area contributed by atoms with Gasteiger partial charge >= 0.3 is 0 Å². The van der Waals surface area contributed by atoms with Crippen molar-refractivity contribution in [3.8, 4) is 17.0 Å². The number of benzene rings is 2. The number of nitrogens with zero attached hydrogens (tertiary/aromatic N) is 2. The van der Waals surface area contributed by atoms with Crippen molar-refractivity contribution in [2.45, 2.75) is 19.8 Å². The van der Waals surface area contributed by atoms with Gasteiger partial charge in [0.05, 0.1) is 18.7 Å². The van der Waals surface area contributed by atoms with Gasteiger partial charge in [-0.3, -0.25) is 9.59 Å². The van der Waals surface area contributed by atoms with Gasteiger partial charge in [-0.1, -0.05) is 30.3 Å². The van der Waals surface area contributed by atoms with Crippen molar-refractivity contribution in [1.82, 2.24) is 9.88 Å². The number of carbonyl (C=O) groups excluding carboxylic acids is 2. The molecule has 2 aromatic carbocycles. The maximum Gasteiger partial charge on any atom is 0.231 e. The summed E-state index contributed by atoms with van der Waals surface area (Å²) in [5.74, 6) is 0.320. The third-order valence-electron chi connectivity index (χ3n) is 5.49. The van der Waals surface area contributed by atoms with Gasteiger partial charge < -0.3 is 15.0 Å². The summed E-state index contributed by atoms with van der Waals surface area (Å²) in [6, 6.07) is 17.7. The highest BCUT2D eigenvalue weighted by Crippen LogP contribution is 2.32. The molecule has 160 valence electrons. The number of methoxy groups -OCH3 is 1. The van der Waals surface area contributed by atoms with Crippen LogP contribution in [0.4, 0.5) is 5.13 Å². The van der Waals surface area contributed by atoms with E-state index in [9.17, 15) is 9.59 Å². The quantitative estimate of drug-likeness (QED) is 0.605. The first kappa shape index (κ1) is 21.1. The molecule has 2 amide bonds. The second-order valence-corrected chi connectivity index (χ2v) is 8.82. The maximum absolute atomic E-state index is 12.8. The van der Waals surface area contributed by atoms with Crippen molar-refractivity contribution in [3.05, 3.63) is 65.0 Å². The van der Waals surface area contributed by atoms with E-state index >= 15 is 0 Å². The summed E-state index contributed by atoms with van der Waals surface area (Å²) in [6.45, 7) is 3.06. The molecular weight excluding hydrogens is 410 g/mol. The maximum atomic E-state index is 12.8. The molecule has 1 N–H and O–H groups in total. The molecule has 2 heterocycles. The van der Waals surface area contributed by atoms with E-state index in [-0.39, 0.29) is 24.2 Å². The summed E-state index contributed by atoms with van der Waals surface area (Å²) in [7, 11) is 1.63. The van der Waals surface area contributed by atoms with Crippen molar-refractivity contribution in [1.29, 1.82) is 0 Å². The Hall–Kier alpha value is -3.19. The zero-order chi connectivity index (χ0) is 21.8. The molecule has 1 saturated heterocycles. The lowest BCUT2D eigenvalue weighted by Gasteiger charge is -2.16. The molecule has 7 heteroatoms. The summed E-state index contributed by atoms with van der Waals surface area (Å²) in [5.41, 5.74) is 3.00. The molecule has 1 aliphatic rings. The molecule has 1 aliphatic heterocycles. The number of amides is 2. The first-order valence-electron chi connectivity index (χ1n) is 10.3. The number of nitrogens with one attached hydrogen (secondary N) is 1. The molecule has 0 aliphatic carbocycles. The molecule has 6 nitrogen and oxygen atoms in total. The minimum Gasteiger partial charge on any atom is -0.497 e. The van der Waals surface area contributed by atoms with E-state index in [0.29, 0.717) is 18.2 Å². The molecule has 1 atom stereocenters. The van der Waals surface area contributed by atoms with Crippen LogP contribution in [0.15, 0.2) is 54.6 Å².